The molecule has 1 aromatic carbocycles. The predicted molar refractivity (Wildman–Crippen MR) is 108 cm³/mol. The standard InChI is InChI=1S/C22H26N2O2S/c1-15-5-3-4-6-18(15)22-19-10-12-27-20(19)9-11-24(22)21(26)14-23(16(2)25)13-17-7-8-17/h3-6,10,12,17,22H,7-9,11,13-14H2,1-2H3/t22-/m0/s1. The number of hydrogen-bond donors (Lipinski definition) is 0. The summed E-state index contributed by atoms with van der Waals surface area (Å²) in [7, 11) is 0. The van der Waals surface area contributed by atoms with Gasteiger partial charge in [0.05, 0.1) is 12.6 Å². The zero-order valence-electron chi connectivity index (χ0n) is 16.0. The van der Waals surface area contributed by atoms with Gasteiger partial charge in [-0.15, -0.1) is 11.3 Å². The molecule has 4 rings (SSSR count). The molecule has 0 N–H and O–H groups in total. The van der Waals surface area contributed by atoms with Crippen molar-refractivity contribution in [3.8, 4) is 0 Å². The molecule has 1 atom stereocenters. The van der Waals surface area contributed by atoms with Gasteiger partial charge in [0.15, 0.2) is 0 Å². The second-order valence-corrected chi connectivity index (χ2v) is 8.74. The van der Waals surface area contributed by atoms with Gasteiger partial charge in [0.2, 0.25) is 11.8 Å². The van der Waals surface area contributed by atoms with Crippen LogP contribution in [0.1, 0.15) is 47.4 Å². The van der Waals surface area contributed by atoms with Crippen LogP contribution in [0.15, 0.2) is 35.7 Å². The first-order valence-electron chi connectivity index (χ1n) is 9.71. The van der Waals surface area contributed by atoms with E-state index in [4.69, 9.17) is 0 Å². The third kappa shape index (κ3) is 3.79. The minimum Gasteiger partial charge on any atom is -0.333 e. The number of hydrogen-bond acceptors (Lipinski definition) is 3. The molecule has 1 aliphatic heterocycles. The molecule has 1 saturated carbocycles. The molecular weight excluding hydrogens is 356 g/mol. The van der Waals surface area contributed by atoms with Crippen LogP contribution in [0.25, 0.3) is 0 Å². The first-order valence-corrected chi connectivity index (χ1v) is 10.6. The number of carbonyl (C=O) groups excluding carboxylic acids is 2. The average molecular weight is 383 g/mol. The summed E-state index contributed by atoms with van der Waals surface area (Å²) >= 11 is 1.78. The fourth-order valence-corrected chi connectivity index (χ4v) is 4.89. The highest BCUT2D eigenvalue weighted by molar-refractivity contribution is 7.10. The second-order valence-electron chi connectivity index (χ2n) is 7.74. The van der Waals surface area contributed by atoms with Gasteiger partial charge in [0, 0.05) is 24.9 Å². The Balaban J connectivity index is 1.62. The smallest absolute Gasteiger partial charge is 0.242 e. The highest BCUT2D eigenvalue weighted by Gasteiger charge is 2.35. The van der Waals surface area contributed by atoms with Crippen LogP contribution in [-0.2, 0) is 16.0 Å². The number of amides is 2. The lowest BCUT2D eigenvalue weighted by atomic mass is 9.90. The van der Waals surface area contributed by atoms with E-state index in [9.17, 15) is 9.59 Å². The fourth-order valence-electron chi connectivity index (χ4n) is 3.98. The molecular formula is C22H26N2O2S. The molecule has 0 unspecified atom stereocenters. The van der Waals surface area contributed by atoms with Crippen molar-refractivity contribution >= 4 is 23.2 Å². The molecule has 27 heavy (non-hydrogen) atoms. The van der Waals surface area contributed by atoms with Crippen LogP contribution in [0.2, 0.25) is 0 Å². The first-order chi connectivity index (χ1) is 13.0. The second kappa shape index (κ2) is 7.47. The topological polar surface area (TPSA) is 40.6 Å². The summed E-state index contributed by atoms with van der Waals surface area (Å²) in [6.45, 7) is 5.29. The Labute approximate surface area is 164 Å². The fraction of sp³-hybridized carbons (Fsp3) is 0.455. The van der Waals surface area contributed by atoms with E-state index < -0.39 is 0 Å². The number of aryl methyl sites for hydroxylation is 1. The molecule has 1 aromatic heterocycles. The molecule has 0 bridgehead atoms. The quantitative estimate of drug-likeness (QED) is 0.789. The van der Waals surface area contributed by atoms with E-state index in [0.29, 0.717) is 19.0 Å². The largest absolute Gasteiger partial charge is 0.333 e. The lowest BCUT2D eigenvalue weighted by Gasteiger charge is -2.38. The van der Waals surface area contributed by atoms with Gasteiger partial charge in [0.25, 0.3) is 0 Å². The minimum absolute atomic E-state index is 0.00377. The monoisotopic (exact) mass is 382 g/mol. The Bertz CT molecular complexity index is 856. The summed E-state index contributed by atoms with van der Waals surface area (Å²) in [5.74, 6) is 0.630. The van der Waals surface area contributed by atoms with Crippen LogP contribution in [0.4, 0.5) is 0 Å². The molecule has 4 nitrogen and oxygen atoms in total. The highest BCUT2D eigenvalue weighted by atomic mass is 32.1. The van der Waals surface area contributed by atoms with Gasteiger partial charge in [-0.3, -0.25) is 9.59 Å². The summed E-state index contributed by atoms with van der Waals surface area (Å²) < 4.78 is 0. The van der Waals surface area contributed by atoms with Crippen molar-refractivity contribution in [3.05, 3.63) is 57.3 Å². The van der Waals surface area contributed by atoms with Crippen molar-refractivity contribution in [1.29, 1.82) is 0 Å². The molecule has 2 heterocycles. The van der Waals surface area contributed by atoms with Crippen molar-refractivity contribution in [2.75, 3.05) is 19.6 Å². The maximum absolute atomic E-state index is 13.3. The summed E-state index contributed by atoms with van der Waals surface area (Å²) in [6, 6.07) is 10.4. The van der Waals surface area contributed by atoms with E-state index >= 15 is 0 Å². The first kappa shape index (κ1) is 18.2. The van der Waals surface area contributed by atoms with Crippen molar-refractivity contribution < 1.29 is 9.59 Å². The van der Waals surface area contributed by atoms with E-state index in [-0.39, 0.29) is 24.4 Å². The van der Waals surface area contributed by atoms with Crippen LogP contribution >= 0.6 is 11.3 Å². The van der Waals surface area contributed by atoms with E-state index in [0.717, 1.165) is 6.42 Å². The average Bonchev–Trinajstić information content (AvgIpc) is 3.34. The summed E-state index contributed by atoms with van der Waals surface area (Å²) in [5.41, 5.74) is 3.62. The van der Waals surface area contributed by atoms with Gasteiger partial charge in [-0.1, -0.05) is 24.3 Å². The zero-order valence-corrected chi connectivity index (χ0v) is 16.8. The SMILES string of the molecule is CC(=O)N(CC(=O)N1CCc2sccc2[C@@H]1c1ccccc1C)CC1CC1. The Morgan fingerprint density at radius 3 is 2.67 bits per heavy atom. The zero-order chi connectivity index (χ0) is 19.0. The van der Waals surface area contributed by atoms with Gasteiger partial charge < -0.3 is 9.80 Å². The number of benzene rings is 1. The van der Waals surface area contributed by atoms with Crippen LogP contribution in [0.5, 0.6) is 0 Å². The van der Waals surface area contributed by atoms with Gasteiger partial charge in [-0.25, -0.2) is 0 Å². The van der Waals surface area contributed by atoms with Crippen molar-refractivity contribution in [2.45, 2.75) is 39.2 Å². The molecule has 2 aliphatic rings. The molecule has 142 valence electrons. The maximum atomic E-state index is 13.3. The minimum atomic E-state index is -0.0524. The molecule has 5 heteroatoms. The van der Waals surface area contributed by atoms with Crippen LogP contribution in [0, 0.1) is 12.8 Å². The number of rotatable bonds is 5. The lowest BCUT2D eigenvalue weighted by molar-refractivity contribution is -0.141. The third-order valence-electron chi connectivity index (χ3n) is 5.72. The summed E-state index contributed by atoms with van der Waals surface area (Å²) in [6.07, 6.45) is 3.24. The molecule has 1 fully saturated rings. The normalized spacial score (nSPS) is 18.9. The molecule has 1 aliphatic carbocycles. The van der Waals surface area contributed by atoms with E-state index in [1.807, 2.05) is 17.0 Å². The van der Waals surface area contributed by atoms with Crippen molar-refractivity contribution in [2.24, 2.45) is 5.92 Å². The Morgan fingerprint density at radius 1 is 1.19 bits per heavy atom. The number of carbonyl (C=O) groups is 2. The van der Waals surface area contributed by atoms with Gasteiger partial charge >= 0.3 is 0 Å². The highest BCUT2D eigenvalue weighted by Crippen LogP contribution is 2.39. The summed E-state index contributed by atoms with van der Waals surface area (Å²) in [4.78, 5) is 30.4. The van der Waals surface area contributed by atoms with Gasteiger partial charge in [-0.2, -0.15) is 0 Å². The van der Waals surface area contributed by atoms with Crippen LogP contribution < -0.4 is 0 Å². The predicted octanol–water partition coefficient (Wildman–Crippen LogP) is 3.79. The van der Waals surface area contributed by atoms with Crippen LogP contribution in [0.3, 0.4) is 0 Å². The Kier molecular flexibility index (Phi) is 5.04. The Hall–Kier alpha value is -2.14. The lowest BCUT2D eigenvalue weighted by Crippen LogP contribution is -2.47. The van der Waals surface area contributed by atoms with Crippen molar-refractivity contribution in [1.82, 2.24) is 9.80 Å². The third-order valence-corrected chi connectivity index (χ3v) is 6.71. The van der Waals surface area contributed by atoms with Gasteiger partial charge in [0.1, 0.15) is 0 Å². The summed E-state index contributed by atoms with van der Waals surface area (Å²) in [5, 5.41) is 2.12. The number of nitrogens with zero attached hydrogens (tertiary/aromatic N) is 2. The van der Waals surface area contributed by atoms with Gasteiger partial charge in [-0.05, 0) is 60.2 Å². The number of fused-ring (bicyclic) bond motifs is 1. The van der Waals surface area contributed by atoms with Crippen molar-refractivity contribution in [3.63, 3.8) is 0 Å². The molecule has 2 amide bonds. The molecule has 2 aromatic rings. The Morgan fingerprint density at radius 2 is 1.96 bits per heavy atom. The number of thiophene rings is 1. The van der Waals surface area contributed by atoms with E-state index in [2.05, 4.69) is 30.5 Å². The molecule has 0 saturated heterocycles. The van der Waals surface area contributed by atoms with Crippen LogP contribution in [-0.4, -0.2) is 41.2 Å². The van der Waals surface area contributed by atoms with E-state index in [1.54, 1.807) is 23.2 Å². The molecule has 0 spiro atoms. The maximum Gasteiger partial charge on any atom is 0.242 e. The van der Waals surface area contributed by atoms with E-state index in [1.165, 1.54) is 34.4 Å². The molecule has 0 radical (unpaired) electrons.